The van der Waals surface area contributed by atoms with Crippen LogP contribution in [-0.2, 0) is 16.8 Å². The number of fused-ring (bicyclic) bond motifs is 4. The van der Waals surface area contributed by atoms with E-state index in [-0.39, 0.29) is 23.1 Å². The zero-order valence-corrected chi connectivity index (χ0v) is 21.5. The highest BCUT2D eigenvalue weighted by Gasteiger charge is 2.72. The van der Waals surface area contributed by atoms with Crippen LogP contribution in [0.25, 0.3) is 10.8 Å². The van der Waals surface area contributed by atoms with Crippen molar-refractivity contribution in [2.24, 2.45) is 5.92 Å². The van der Waals surface area contributed by atoms with E-state index in [1.54, 1.807) is 22.4 Å². The Labute approximate surface area is 224 Å². The molecule has 1 aliphatic heterocycles. The van der Waals surface area contributed by atoms with Gasteiger partial charge in [0.2, 0.25) is 0 Å². The van der Waals surface area contributed by atoms with Crippen molar-refractivity contribution in [3.8, 4) is 6.07 Å². The van der Waals surface area contributed by atoms with Gasteiger partial charge in [0.15, 0.2) is 5.54 Å². The number of nitriles is 1. The Morgan fingerprint density at radius 2 is 1.76 bits per heavy atom. The number of benzene rings is 3. The number of thioether (sulfide) groups is 1. The van der Waals surface area contributed by atoms with Crippen molar-refractivity contribution in [2.45, 2.75) is 53.3 Å². The second-order valence-corrected chi connectivity index (χ2v) is 11.9. The van der Waals surface area contributed by atoms with Crippen LogP contribution in [0.15, 0.2) is 88.7 Å². The molecule has 2 saturated carbocycles. The summed E-state index contributed by atoms with van der Waals surface area (Å²) in [5.41, 5.74) is 2.66. The molecule has 0 saturated heterocycles. The summed E-state index contributed by atoms with van der Waals surface area (Å²) in [4.78, 5) is 27.0. The van der Waals surface area contributed by atoms with Gasteiger partial charge in [0.1, 0.15) is 0 Å². The molecule has 4 atom stereocenters. The van der Waals surface area contributed by atoms with Crippen molar-refractivity contribution >= 4 is 28.5 Å². The Balaban J connectivity index is 1.41. The van der Waals surface area contributed by atoms with Gasteiger partial charge in [0, 0.05) is 24.3 Å². The second-order valence-electron chi connectivity index (χ2n) is 10.7. The lowest BCUT2D eigenvalue weighted by atomic mass is 9.55. The number of aliphatic carboxylic acids is 1. The number of carboxylic acid groups (broad SMARTS) is 1. The van der Waals surface area contributed by atoms with Gasteiger partial charge >= 0.3 is 5.97 Å². The van der Waals surface area contributed by atoms with E-state index in [0.29, 0.717) is 12.3 Å². The first-order valence-corrected chi connectivity index (χ1v) is 14.0. The Hall–Kier alpha value is -3.82. The van der Waals surface area contributed by atoms with Gasteiger partial charge in [-0.25, -0.2) is 4.79 Å². The van der Waals surface area contributed by atoms with Crippen LogP contribution in [0.1, 0.15) is 53.4 Å². The minimum absolute atomic E-state index is 0.0886. The maximum Gasteiger partial charge on any atom is 0.331 e. The molecule has 4 aromatic rings. The predicted octanol–water partition coefficient (Wildman–Crippen LogP) is 6.05. The molecule has 3 aliphatic rings. The summed E-state index contributed by atoms with van der Waals surface area (Å²) in [6, 6.07) is 28.4. The van der Waals surface area contributed by atoms with Crippen molar-refractivity contribution in [2.75, 3.05) is 0 Å². The minimum atomic E-state index is -1.41. The first-order chi connectivity index (χ1) is 18.6. The first-order valence-electron chi connectivity index (χ1n) is 13.1. The smallest absolute Gasteiger partial charge is 0.331 e. The quantitative estimate of drug-likeness (QED) is 0.336. The second kappa shape index (κ2) is 8.61. The molecule has 188 valence electrons. The number of aromatic nitrogens is 1. The first kappa shape index (κ1) is 23.3. The van der Waals surface area contributed by atoms with Crippen LogP contribution in [0, 0.1) is 17.2 Å². The lowest BCUT2D eigenvalue weighted by molar-refractivity contribution is -0.159. The number of hydrogen-bond donors (Lipinski definition) is 1. The Morgan fingerprint density at radius 1 is 1.03 bits per heavy atom. The summed E-state index contributed by atoms with van der Waals surface area (Å²) >= 11 is 1.56. The molecule has 0 amide bonds. The van der Waals surface area contributed by atoms with Crippen molar-refractivity contribution in [1.82, 2.24) is 4.57 Å². The molecule has 1 N–H and O–H groups in total. The summed E-state index contributed by atoms with van der Waals surface area (Å²) in [7, 11) is 0. The lowest BCUT2D eigenvalue weighted by Gasteiger charge is -2.54. The van der Waals surface area contributed by atoms with Crippen molar-refractivity contribution in [3.63, 3.8) is 0 Å². The molecule has 2 fully saturated rings. The fourth-order valence-corrected chi connectivity index (χ4v) is 9.06. The van der Waals surface area contributed by atoms with E-state index in [2.05, 4.69) is 36.4 Å². The monoisotopic (exact) mass is 518 g/mol. The van der Waals surface area contributed by atoms with E-state index in [1.165, 1.54) is 5.39 Å². The van der Waals surface area contributed by atoms with Gasteiger partial charge in [-0.2, -0.15) is 5.26 Å². The van der Waals surface area contributed by atoms with Gasteiger partial charge in [-0.1, -0.05) is 72.8 Å². The Bertz CT molecular complexity index is 1700. The van der Waals surface area contributed by atoms with E-state index in [0.717, 1.165) is 45.5 Å². The van der Waals surface area contributed by atoms with Gasteiger partial charge in [0.05, 0.1) is 16.3 Å². The van der Waals surface area contributed by atoms with Crippen LogP contribution in [-0.4, -0.2) is 20.9 Å². The SMILES string of the molecule is N#CCC1C(c2ccccc2)C2Sc3c(C4CC4)c(Cc4cccc5ccccc45)cc(=O)n3C12C(=O)O. The molecule has 0 bridgehead atoms. The number of carbonyl (C=O) groups is 1. The molecule has 2 heterocycles. The van der Waals surface area contributed by atoms with Crippen LogP contribution < -0.4 is 5.56 Å². The van der Waals surface area contributed by atoms with Crippen LogP contribution in [0.3, 0.4) is 0 Å². The van der Waals surface area contributed by atoms with Gasteiger partial charge in [-0.15, -0.1) is 11.8 Å². The van der Waals surface area contributed by atoms with E-state index in [1.807, 2.05) is 42.5 Å². The van der Waals surface area contributed by atoms with Gasteiger partial charge < -0.3 is 5.11 Å². The molecule has 2 aliphatic carbocycles. The molecule has 6 heteroatoms. The van der Waals surface area contributed by atoms with E-state index >= 15 is 0 Å². The Morgan fingerprint density at radius 3 is 2.50 bits per heavy atom. The third kappa shape index (κ3) is 3.18. The number of rotatable bonds is 6. The van der Waals surface area contributed by atoms with Crippen LogP contribution in [0.2, 0.25) is 0 Å². The lowest BCUT2D eigenvalue weighted by Crippen LogP contribution is -2.68. The van der Waals surface area contributed by atoms with Gasteiger partial charge in [-0.05, 0) is 58.2 Å². The average molecular weight is 519 g/mol. The number of hydrogen-bond acceptors (Lipinski definition) is 4. The molecule has 0 radical (unpaired) electrons. The van der Waals surface area contributed by atoms with Crippen LogP contribution >= 0.6 is 11.8 Å². The Kier molecular flexibility index (Phi) is 5.28. The van der Waals surface area contributed by atoms with E-state index < -0.39 is 17.4 Å². The minimum Gasteiger partial charge on any atom is -0.479 e. The molecule has 0 spiro atoms. The maximum atomic E-state index is 13.9. The van der Waals surface area contributed by atoms with Crippen molar-refractivity contribution in [3.05, 3.63) is 111 Å². The number of pyridine rings is 1. The van der Waals surface area contributed by atoms with Gasteiger partial charge in [0.25, 0.3) is 5.56 Å². The topological polar surface area (TPSA) is 83.1 Å². The summed E-state index contributed by atoms with van der Waals surface area (Å²) in [6.45, 7) is 0. The number of nitrogens with zero attached hydrogens (tertiary/aromatic N) is 2. The van der Waals surface area contributed by atoms with Crippen molar-refractivity contribution < 1.29 is 9.90 Å². The molecular formula is C32H26N2O3S. The highest BCUT2D eigenvalue weighted by atomic mass is 32.2. The van der Waals surface area contributed by atoms with Crippen molar-refractivity contribution in [1.29, 1.82) is 5.26 Å². The third-order valence-electron chi connectivity index (χ3n) is 8.75. The zero-order valence-electron chi connectivity index (χ0n) is 20.7. The highest BCUT2D eigenvalue weighted by molar-refractivity contribution is 8.00. The largest absolute Gasteiger partial charge is 0.479 e. The fourth-order valence-electron chi connectivity index (χ4n) is 6.99. The standard InChI is InChI=1S/C32H26N2O3S/c33-16-15-25-28(20-8-2-1-3-9-20)29-32(25,31(36)37)34-26(35)18-23(27(21-13-14-21)30(34)38-29)17-22-11-6-10-19-7-4-5-12-24(19)22/h1-12,18,21,25,28-29H,13-15,17H2,(H,36,37). The maximum absolute atomic E-state index is 13.9. The normalized spacial score (nSPS) is 25.3. The molecule has 7 rings (SSSR count). The highest BCUT2D eigenvalue weighted by Crippen LogP contribution is 2.67. The summed E-state index contributed by atoms with van der Waals surface area (Å²) in [5.74, 6) is -1.25. The summed E-state index contributed by atoms with van der Waals surface area (Å²) < 4.78 is 1.58. The molecular weight excluding hydrogens is 492 g/mol. The van der Waals surface area contributed by atoms with E-state index in [9.17, 15) is 20.0 Å². The molecule has 1 aromatic heterocycles. The molecule has 5 nitrogen and oxygen atoms in total. The van der Waals surface area contributed by atoms with Gasteiger partial charge in [-0.3, -0.25) is 9.36 Å². The third-order valence-corrected chi connectivity index (χ3v) is 10.3. The molecule has 4 unspecified atom stereocenters. The fraction of sp³-hybridized carbons (Fsp3) is 0.281. The summed E-state index contributed by atoms with van der Waals surface area (Å²) in [6.07, 6.45) is 2.81. The van der Waals surface area contributed by atoms with E-state index in [4.69, 9.17) is 0 Å². The molecule has 38 heavy (non-hydrogen) atoms. The van der Waals surface area contributed by atoms with Crippen LogP contribution in [0.5, 0.6) is 0 Å². The zero-order chi connectivity index (χ0) is 26.0. The number of carboxylic acids is 1. The predicted molar refractivity (Wildman–Crippen MR) is 148 cm³/mol. The molecule has 3 aromatic carbocycles. The summed E-state index contributed by atoms with van der Waals surface area (Å²) in [5, 5.41) is 23.2. The average Bonchev–Trinajstić information content (AvgIpc) is 3.71. The van der Waals surface area contributed by atoms with Crippen LogP contribution in [0.4, 0.5) is 0 Å².